The number of nitrogens with zero attached hydrogens (tertiary/aromatic N) is 3. The van der Waals surface area contributed by atoms with E-state index in [9.17, 15) is 9.59 Å². The second kappa shape index (κ2) is 8.24. The molecule has 154 valence electrons. The molecule has 1 atom stereocenters. The Bertz CT molecular complexity index is 903. The summed E-state index contributed by atoms with van der Waals surface area (Å²) >= 11 is 0. The maximum absolute atomic E-state index is 12.3. The van der Waals surface area contributed by atoms with Gasteiger partial charge in [0.1, 0.15) is 5.76 Å². The van der Waals surface area contributed by atoms with Gasteiger partial charge in [-0.1, -0.05) is 17.3 Å². The van der Waals surface area contributed by atoms with Gasteiger partial charge in [0, 0.05) is 31.9 Å². The zero-order valence-corrected chi connectivity index (χ0v) is 16.9. The average Bonchev–Trinajstić information content (AvgIpc) is 3.45. The first-order valence-electron chi connectivity index (χ1n) is 10.1. The molecule has 8 nitrogen and oxygen atoms in total. The van der Waals surface area contributed by atoms with Gasteiger partial charge in [0.25, 0.3) is 0 Å². The van der Waals surface area contributed by atoms with E-state index in [1.807, 2.05) is 0 Å². The minimum atomic E-state index is -0.742. The van der Waals surface area contributed by atoms with Crippen LogP contribution >= 0.6 is 0 Å². The standard InChI is InChI=1S/C21H27N5O3/c1-14-11-19(24-29-14)23-21(28)20(27)22-13-18(26-8-3-4-9-26)15-5-6-17-16(12-15)7-10-25(17)2/h5-6,11-12,18H,3-4,7-10,13H2,1-2H3,(H,22,27)(H,23,24,28). The van der Waals surface area contributed by atoms with Crippen molar-refractivity contribution in [3.05, 3.63) is 41.2 Å². The highest BCUT2D eigenvalue weighted by Gasteiger charge is 2.27. The monoisotopic (exact) mass is 397 g/mol. The van der Waals surface area contributed by atoms with Gasteiger partial charge < -0.3 is 14.7 Å². The first-order chi connectivity index (χ1) is 14.0. The highest BCUT2D eigenvalue weighted by Crippen LogP contribution is 2.32. The van der Waals surface area contributed by atoms with Crippen molar-refractivity contribution < 1.29 is 14.1 Å². The summed E-state index contributed by atoms with van der Waals surface area (Å²) in [6.45, 7) is 5.14. The third kappa shape index (κ3) is 4.27. The molecule has 1 saturated heterocycles. The minimum Gasteiger partial charge on any atom is -0.374 e. The molecule has 29 heavy (non-hydrogen) atoms. The van der Waals surface area contributed by atoms with E-state index < -0.39 is 11.8 Å². The summed E-state index contributed by atoms with van der Waals surface area (Å²) in [4.78, 5) is 29.1. The summed E-state index contributed by atoms with van der Waals surface area (Å²) in [7, 11) is 2.11. The minimum absolute atomic E-state index is 0.0553. The fourth-order valence-corrected chi connectivity index (χ4v) is 4.17. The smallest absolute Gasteiger partial charge is 0.314 e. The Hall–Kier alpha value is -2.87. The number of aromatic nitrogens is 1. The van der Waals surface area contributed by atoms with Crippen LogP contribution in [0.5, 0.6) is 0 Å². The number of likely N-dealkylation sites (N-methyl/N-ethyl adjacent to an activating group) is 1. The van der Waals surface area contributed by atoms with Gasteiger partial charge in [-0.05, 0) is 56.5 Å². The molecule has 2 aliphatic heterocycles. The lowest BCUT2D eigenvalue weighted by Gasteiger charge is -2.28. The van der Waals surface area contributed by atoms with Crippen LogP contribution in [0.2, 0.25) is 0 Å². The number of hydrogen-bond acceptors (Lipinski definition) is 6. The van der Waals surface area contributed by atoms with Crippen molar-refractivity contribution in [3.8, 4) is 0 Å². The molecule has 2 aliphatic rings. The molecule has 3 heterocycles. The quantitative estimate of drug-likeness (QED) is 0.749. The molecular formula is C21H27N5O3. The van der Waals surface area contributed by atoms with Crippen LogP contribution in [0.1, 0.15) is 35.8 Å². The molecule has 4 rings (SSSR count). The number of likely N-dealkylation sites (tertiary alicyclic amines) is 1. The number of fused-ring (bicyclic) bond motifs is 1. The number of benzene rings is 1. The molecule has 0 aliphatic carbocycles. The summed E-state index contributed by atoms with van der Waals surface area (Å²) in [5, 5.41) is 8.94. The number of carbonyl (C=O) groups is 2. The van der Waals surface area contributed by atoms with Crippen molar-refractivity contribution in [1.29, 1.82) is 0 Å². The van der Waals surface area contributed by atoms with Gasteiger partial charge in [0.05, 0.1) is 6.04 Å². The van der Waals surface area contributed by atoms with Crippen LogP contribution in [-0.4, -0.2) is 55.1 Å². The number of rotatable bonds is 5. The van der Waals surface area contributed by atoms with E-state index >= 15 is 0 Å². The summed E-state index contributed by atoms with van der Waals surface area (Å²) in [6.07, 6.45) is 3.35. The van der Waals surface area contributed by atoms with E-state index in [2.05, 4.69) is 50.8 Å². The van der Waals surface area contributed by atoms with Gasteiger partial charge in [-0.15, -0.1) is 0 Å². The lowest BCUT2D eigenvalue weighted by molar-refractivity contribution is -0.136. The van der Waals surface area contributed by atoms with Gasteiger partial charge in [-0.25, -0.2) is 0 Å². The Balaban J connectivity index is 1.44. The van der Waals surface area contributed by atoms with Crippen molar-refractivity contribution in [3.63, 3.8) is 0 Å². The Kier molecular flexibility index (Phi) is 5.53. The van der Waals surface area contributed by atoms with Gasteiger partial charge in [-0.3, -0.25) is 19.8 Å². The third-order valence-electron chi connectivity index (χ3n) is 5.73. The number of hydrogen-bond donors (Lipinski definition) is 2. The van der Waals surface area contributed by atoms with E-state index in [0.717, 1.165) is 38.9 Å². The number of carbonyl (C=O) groups excluding carboxylic acids is 2. The zero-order valence-electron chi connectivity index (χ0n) is 16.9. The molecule has 0 bridgehead atoms. The highest BCUT2D eigenvalue weighted by atomic mass is 16.5. The second-order valence-corrected chi connectivity index (χ2v) is 7.81. The van der Waals surface area contributed by atoms with Crippen LogP contribution in [-0.2, 0) is 16.0 Å². The molecule has 2 aromatic rings. The van der Waals surface area contributed by atoms with E-state index in [-0.39, 0.29) is 11.9 Å². The van der Waals surface area contributed by atoms with Crippen LogP contribution in [0.25, 0.3) is 0 Å². The van der Waals surface area contributed by atoms with Crippen LogP contribution in [0.15, 0.2) is 28.8 Å². The molecule has 2 N–H and O–H groups in total. The van der Waals surface area contributed by atoms with Crippen molar-refractivity contribution in [2.75, 3.05) is 43.4 Å². The molecule has 2 amide bonds. The first kappa shape index (κ1) is 19.4. The Morgan fingerprint density at radius 3 is 2.69 bits per heavy atom. The SMILES string of the molecule is Cc1cc(NC(=O)C(=O)NCC(c2ccc3c(c2)CCN3C)N2CCCC2)no1. The molecule has 0 saturated carbocycles. The Morgan fingerprint density at radius 2 is 1.97 bits per heavy atom. The number of nitrogens with one attached hydrogen (secondary N) is 2. The molecule has 1 aromatic heterocycles. The molecule has 0 radical (unpaired) electrons. The van der Waals surface area contributed by atoms with Crippen molar-refractivity contribution in [2.45, 2.75) is 32.2 Å². The molecular weight excluding hydrogens is 370 g/mol. The van der Waals surface area contributed by atoms with Crippen molar-refractivity contribution >= 4 is 23.3 Å². The molecule has 1 unspecified atom stereocenters. The average molecular weight is 397 g/mol. The maximum Gasteiger partial charge on any atom is 0.314 e. The number of amides is 2. The fourth-order valence-electron chi connectivity index (χ4n) is 4.17. The van der Waals surface area contributed by atoms with Crippen LogP contribution in [0, 0.1) is 6.92 Å². The van der Waals surface area contributed by atoms with Crippen molar-refractivity contribution in [2.24, 2.45) is 0 Å². The predicted molar refractivity (Wildman–Crippen MR) is 110 cm³/mol. The summed E-state index contributed by atoms with van der Waals surface area (Å²) in [6, 6.07) is 8.20. The summed E-state index contributed by atoms with van der Waals surface area (Å²) in [5.74, 6) is -0.608. The normalized spacial score (nSPS) is 17.2. The maximum atomic E-state index is 12.3. The lowest BCUT2D eigenvalue weighted by Crippen LogP contribution is -2.41. The molecule has 1 aromatic carbocycles. The number of aryl methyl sites for hydroxylation is 1. The van der Waals surface area contributed by atoms with E-state index in [1.54, 1.807) is 13.0 Å². The van der Waals surface area contributed by atoms with Gasteiger partial charge in [0.15, 0.2) is 5.82 Å². The van der Waals surface area contributed by atoms with Crippen LogP contribution < -0.4 is 15.5 Å². The van der Waals surface area contributed by atoms with Crippen molar-refractivity contribution in [1.82, 2.24) is 15.4 Å². The highest BCUT2D eigenvalue weighted by molar-refractivity contribution is 6.39. The largest absolute Gasteiger partial charge is 0.374 e. The molecule has 1 fully saturated rings. The number of anilines is 2. The van der Waals surface area contributed by atoms with Gasteiger partial charge in [-0.2, -0.15) is 0 Å². The summed E-state index contributed by atoms with van der Waals surface area (Å²) < 4.78 is 4.91. The van der Waals surface area contributed by atoms with E-state index in [4.69, 9.17) is 4.52 Å². The zero-order chi connectivity index (χ0) is 20.4. The van der Waals surface area contributed by atoms with Crippen LogP contribution in [0.4, 0.5) is 11.5 Å². The topological polar surface area (TPSA) is 90.7 Å². The first-order valence-corrected chi connectivity index (χ1v) is 10.1. The fraction of sp³-hybridized carbons (Fsp3) is 0.476. The van der Waals surface area contributed by atoms with Crippen LogP contribution in [0.3, 0.4) is 0 Å². The molecule has 0 spiro atoms. The van der Waals surface area contributed by atoms with E-state index in [1.165, 1.54) is 16.8 Å². The van der Waals surface area contributed by atoms with E-state index in [0.29, 0.717) is 12.3 Å². The van der Waals surface area contributed by atoms with Gasteiger partial charge >= 0.3 is 11.8 Å². The Labute approximate surface area is 170 Å². The predicted octanol–water partition coefficient (Wildman–Crippen LogP) is 1.87. The lowest BCUT2D eigenvalue weighted by atomic mass is 10.0. The summed E-state index contributed by atoms with van der Waals surface area (Å²) in [5.41, 5.74) is 3.81. The second-order valence-electron chi connectivity index (χ2n) is 7.81. The molecule has 8 heteroatoms. The van der Waals surface area contributed by atoms with Gasteiger partial charge in [0.2, 0.25) is 0 Å². The third-order valence-corrected chi connectivity index (χ3v) is 5.73. The Morgan fingerprint density at radius 1 is 1.17 bits per heavy atom.